The fourth-order valence-corrected chi connectivity index (χ4v) is 3.34. The van der Waals surface area contributed by atoms with Gasteiger partial charge in [-0.05, 0) is 54.5 Å². The number of carbonyl (C=O) groups is 1. The first-order valence-corrected chi connectivity index (χ1v) is 11.0. The molecular weight excluding hydrogens is 431 g/mol. The molecule has 0 spiro atoms. The van der Waals surface area contributed by atoms with Crippen LogP contribution in [0.25, 0.3) is 6.08 Å². The van der Waals surface area contributed by atoms with E-state index in [1.807, 2.05) is 6.07 Å². The van der Waals surface area contributed by atoms with E-state index in [-0.39, 0.29) is 5.57 Å². The number of benzene rings is 2. The maximum atomic E-state index is 13.0. The molecule has 0 aliphatic rings. The molecule has 1 amide bonds. The zero-order valence-corrected chi connectivity index (χ0v) is 19.2. The summed E-state index contributed by atoms with van der Waals surface area (Å²) >= 11 is 6.39. The summed E-state index contributed by atoms with van der Waals surface area (Å²) in [7, 11) is 1.50. The third kappa shape index (κ3) is 7.90. The lowest BCUT2D eigenvalue weighted by atomic mass is 10.1. The Morgan fingerprint density at radius 3 is 2.50 bits per heavy atom. The van der Waals surface area contributed by atoms with Gasteiger partial charge >= 0.3 is 0 Å². The van der Waals surface area contributed by atoms with Crippen molar-refractivity contribution in [1.82, 2.24) is 0 Å². The number of hydrogen-bond acceptors (Lipinski definition) is 4. The number of hydrogen-bond donors (Lipinski definition) is 1. The molecule has 0 saturated heterocycles. The van der Waals surface area contributed by atoms with Crippen molar-refractivity contribution in [2.24, 2.45) is 0 Å². The number of anilines is 1. The van der Waals surface area contributed by atoms with Gasteiger partial charge in [0.15, 0.2) is 11.5 Å². The van der Waals surface area contributed by atoms with Crippen molar-refractivity contribution in [1.29, 1.82) is 5.26 Å². The van der Waals surface area contributed by atoms with Crippen LogP contribution in [0.15, 0.2) is 42.0 Å². The first-order valence-electron chi connectivity index (χ1n) is 10.7. The van der Waals surface area contributed by atoms with Crippen molar-refractivity contribution in [3.63, 3.8) is 0 Å². The van der Waals surface area contributed by atoms with Gasteiger partial charge in [0.05, 0.1) is 18.7 Å². The molecule has 2 aromatic rings. The number of unbranched alkanes of at least 4 members (excludes halogenated alkanes) is 5. The van der Waals surface area contributed by atoms with Gasteiger partial charge in [0.2, 0.25) is 0 Å². The van der Waals surface area contributed by atoms with Gasteiger partial charge in [0, 0.05) is 5.69 Å². The maximum Gasteiger partial charge on any atom is 0.266 e. The van der Waals surface area contributed by atoms with Gasteiger partial charge in [-0.1, -0.05) is 50.6 Å². The van der Waals surface area contributed by atoms with Crippen molar-refractivity contribution < 1.29 is 18.7 Å². The lowest BCUT2D eigenvalue weighted by Crippen LogP contribution is -2.13. The third-order valence-corrected chi connectivity index (χ3v) is 5.05. The Balaban J connectivity index is 2.07. The number of ether oxygens (including phenoxy) is 2. The molecule has 0 fully saturated rings. The summed E-state index contributed by atoms with van der Waals surface area (Å²) in [5.74, 6) is -0.169. The summed E-state index contributed by atoms with van der Waals surface area (Å²) in [5, 5.41) is 12.3. The summed E-state index contributed by atoms with van der Waals surface area (Å²) in [6.45, 7) is 2.72. The Morgan fingerprint density at radius 1 is 1.16 bits per heavy atom. The molecular formula is C25H28ClFN2O3. The highest BCUT2D eigenvalue weighted by Gasteiger charge is 2.14. The molecule has 0 atom stereocenters. The summed E-state index contributed by atoms with van der Waals surface area (Å²) in [6, 6.07) is 10.4. The summed E-state index contributed by atoms with van der Waals surface area (Å²) in [5.41, 5.74) is 0.768. The molecule has 0 bridgehead atoms. The zero-order chi connectivity index (χ0) is 23.3. The molecule has 32 heavy (non-hydrogen) atoms. The second-order valence-corrected chi connectivity index (χ2v) is 7.69. The second kappa shape index (κ2) is 13.4. The molecule has 0 unspecified atom stereocenters. The van der Waals surface area contributed by atoms with Crippen molar-refractivity contribution in [3.05, 3.63) is 58.4 Å². The minimum atomic E-state index is -0.613. The van der Waals surface area contributed by atoms with E-state index >= 15 is 0 Å². The van der Waals surface area contributed by atoms with E-state index in [0.717, 1.165) is 12.8 Å². The van der Waals surface area contributed by atoms with Crippen LogP contribution in [-0.2, 0) is 4.79 Å². The van der Waals surface area contributed by atoms with Crippen molar-refractivity contribution in [2.45, 2.75) is 45.4 Å². The fourth-order valence-electron chi connectivity index (χ4n) is 3.07. The number of carbonyl (C=O) groups excluding carboxylic acids is 1. The maximum absolute atomic E-state index is 13.0. The number of nitrogens with one attached hydrogen (secondary N) is 1. The van der Waals surface area contributed by atoms with Crippen LogP contribution in [0.5, 0.6) is 11.5 Å². The highest BCUT2D eigenvalue weighted by Crippen LogP contribution is 2.37. The summed E-state index contributed by atoms with van der Waals surface area (Å²) in [6.07, 6.45) is 8.31. The van der Waals surface area contributed by atoms with Crippen LogP contribution in [-0.4, -0.2) is 19.6 Å². The van der Waals surface area contributed by atoms with Crippen LogP contribution in [0.2, 0.25) is 5.02 Å². The van der Waals surface area contributed by atoms with E-state index in [9.17, 15) is 14.4 Å². The lowest BCUT2D eigenvalue weighted by molar-refractivity contribution is -0.112. The van der Waals surface area contributed by atoms with Crippen molar-refractivity contribution in [2.75, 3.05) is 19.0 Å². The normalized spacial score (nSPS) is 11.0. The van der Waals surface area contributed by atoms with E-state index < -0.39 is 11.7 Å². The van der Waals surface area contributed by atoms with Gasteiger partial charge in [0.25, 0.3) is 5.91 Å². The van der Waals surface area contributed by atoms with Crippen LogP contribution in [0, 0.1) is 17.1 Å². The molecule has 0 aromatic heterocycles. The Hall–Kier alpha value is -3.04. The van der Waals surface area contributed by atoms with Gasteiger partial charge in [-0.15, -0.1) is 0 Å². The molecule has 170 valence electrons. The molecule has 2 aromatic carbocycles. The van der Waals surface area contributed by atoms with E-state index in [4.69, 9.17) is 21.1 Å². The molecule has 7 heteroatoms. The Kier molecular flexibility index (Phi) is 10.6. The predicted molar refractivity (Wildman–Crippen MR) is 125 cm³/mol. The van der Waals surface area contributed by atoms with Gasteiger partial charge < -0.3 is 14.8 Å². The molecule has 5 nitrogen and oxygen atoms in total. The Labute approximate surface area is 193 Å². The lowest BCUT2D eigenvalue weighted by Gasteiger charge is -2.13. The van der Waals surface area contributed by atoms with Crippen LogP contribution >= 0.6 is 11.6 Å². The predicted octanol–water partition coefficient (Wildman–Crippen LogP) is 6.77. The molecule has 1 N–H and O–H groups in total. The number of nitriles is 1. The average Bonchev–Trinajstić information content (AvgIpc) is 2.79. The summed E-state index contributed by atoms with van der Waals surface area (Å²) in [4.78, 5) is 12.4. The zero-order valence-electron chi connectivity index (χ0n) is 18.4. The highest BCUT2D eigenvalue weighted by molar-refractivity contribution is 6.32. The van der Waals surface area contributed by atoms with E-state index in [1.165, 1.54) is 63.1 Å². The van der Waals surface area contributed by atoms with E-state index in [2.05, 4.69) is 12.2 Å². The molecule has 0 radical (unpaired) electrons. The van der Waals surface area contributed by atoms with E-state index in [1.54, 1.807) is 12.1 Å². The molecule has 2 rings (SSSR count). The number of methoxy groups -OCH3 is 1. The fraction of sp³-hybridized carbons (Fsp3) is 0.360. The van der Waals surface area contributed by atoms with Gasteiger partial charge in [-0.2, -0.15) is 5.26 Å². The molecule has 0 saturated carbocycles. The van der Waals surface area contributed by atoms with Crippen LogP contribution in [0.4, 0.5) is 10.1 Å². The van der Waals surface area contributed by atoms with Gasteiger partial charge in [0.1, 0.15) is 17.5 Å². The smallest absolute Gasteiger partial charge is 0.266 e. The second-order valence-electron chi connectivity index (χ2n) is 7.28. The standard InChI is InChI=1S/C25H28ClFN2O3/c1-3-4-5-6-7-8-13-32-24-22(26)15-18(16-23(24)31-2)14-19(17-28)25(30)29-21-11-9-20(27)10-12-21/h9-12,14-16H,3-8,13H2,1-2H3,(H,29,30)/b19-14+. The largest absolute Gasteiger partial charge is 0.493 e. The average molecular weight is 459 g/mol. The van der Waals surface area contributed by atoms with Crippen LogP contribution in [0.3, 0.4) is 0 Å². The topological polar surface area (TPSA) is 71.3 Å². The minimum absolute atomic E-state index is 0.131. The molecule has 0 heterocycles. The Bertz CT molecular complexity index is 968. The van der Waals surface area contributed by atoms with Gasteiger partial charge in [-0.3, -0.25) is 4.79 Å². The van der Waals surface area contributed by atoms with E-state index in [0.29, 0.717) is 34.4 Å². The third-order valence-electron chi connectivity index (χ3n) is 4.77. The number of rotatable bonds is 12. The molecule has 0 aliphatic carbocycles. The van der Waals surface area contributed by atoms with Crippen LogP contribution in [0.1, 0.15) is 51.0 Å². The first kappa shape index (κ1) is 25.2. The van der Waals surface area contributed by atoms with Crippen molar-refractivity contribution in [3.8, 4) is 17.6 Å². The van der Waals surface area contributed by atoms with Crippen molar-refractivity contribution >= 4 is 29.3 Å². The molecule has 0 aliphatic heterocycles. The van der Waals surface area contributed by atoms with Crippen LogP contribution < -0.4 is 14.8 Å². The monoisotopic (exact) mass is 458 g/mol. The summed E-state index contributed by atoms with van der Waals surface area (Å²) < 4.78 is 24.3. The number of nitrogens with zero attached hydrogens (tertiary/aromatic N) is 1. The number of amides is 1. The Morgan fingerprint density at radius 2 is 1.84 bits per heavy atom. The van der Waals surface area contributed by atoms with Gasteiger partial charge in [-0.25, -0.2) is 4.39 Å². The minimum Gasteiger partial charge on any atom is -0.493 e. The first-order chi connectivity index (χ1) is 15.5. The highest BCUT2D eigenvalue weighted by atomic mass is 35.5. The quantitative estimate of drug-likeness (QED) is 0.216. The number of halogens is 2. The SMILES string of the molecule is CCCCCCCCOc1c(Cl)cc(/C=C(\C#N)C(=O)Nc2ccc(F)cc2)cc1OC.